The number of nitrogens with zero attached hydrogens (tertiary/aromatic N) is 2. The normalized spacial score (nSPS) is 21.9. The molecule has 1 aromatic heterocycles. The molecular formula is C15H22N2O2S. The molecule has 1 saturated heterocycles. The molecule has 110 valence electrons. The van der Waals surface area contributed by atoms with Crippen molar-refractivity contribution >= 4 is 17.3 Å². The summed E-state index contributed by atoms with van der Waals surface area (Å²) in [5, 5.41) is 10.3. The minimum Gasteiger partial charge on any atom is -0.477 e. The molecule has 4 nitrogen and oxygen atoms in total. The molecule has 0 unspecified atom stereocenters. The molecule has 0 spiro atoms. The number of thiazole rings is 1. The highest BCUT2D eigenvalue weighted by molar-refractivity contribution is 7.13. The van der Waals surface area contributed by atoms with Gasteiger partial charge in [0, 0.05) is 5.92 Å². The molecular weight excluding hydrogens is 272 g/mol. The van der Waals surface area contributed by atoms with Gasteiger partial charge in [-0.1, -0.05) is 13.3 Å². The van der Waals surface area contributed by atoms with Crippen LogP contribution in [0.25, 0.3) is 0 Å². The summed E-state index contributed by atoms with van der Waals surface area (Å²) in [5.74, 6) is 0.415. The summed E-state index contributed by atoms with van der Waals surface area (Å²) in [7, 11) is 0. The second-order valence-corrected chi connectivity index (χ2v) is 7.30. The Balaban J connectivity index is 1.71. The fraction of sp³-hybridized carbons (Fsp3) is 0.733. The minimum absolute atomic E-state index is 0.396. The lowest BCUT2D eigenvalue weighted by molar-refractivity contribution is 0.0699. The number of carbonyl (C=O) groups is 1. The van der Waals surface area contributed by atoms with Gasteiger partial charge in [-0.2, -0.15) is 0 Å². The molecule has 1 aliphatic carbocycles. The topological polar surface area (TPSA) is 53.4 Å². The molecule has 0 bridgehead atoms. The van der Waals surface area contributed by atoms with Crippen LogP contribution in [-0.4, -0.2) is 34.0 Å². The van der Waals surface area contributed by atoms with E-state index < -0.39 is 5.97 Å². The second-order valence-electron chi connectivity index (χ2n) is 6.21. The number of carboxylic acid groups (broad SMARTS) is 1. The summed E-state index contributed by atoms with van der Waals surface area (Å²) < 4.78 is 0. The van der Waals surface area contributed by atoms with Crippen LogP contribution >= 0.6 is 11.3 Å². The SMILES string of the molecule is CC1CCN(Cc2nc(C3CCC3)c(C(=O)O)s2)CC1. The van der Waals surface area contributed by atoms with Gasteiger partial charge in [-0.25, -0.2) is 9.78 Å². The Morgan fingerprint density at radius 1 is 1.35 bits per heavy atom. The maximum Gasteiger partial charge on any atom is 0.347 e. The van der Waals surface area contributed by atoms with E-state index in [0.29, 0.717) is 10.8 Å². The van der Waals surface area contributed by atoms with Crippen LogP contribution in [0.4, 0.5) is 0 Å². The molecule has 0 aromatic carbocycles. The van der Waals surface area contributed by atoms with Crippen molar-refractivity contribution in [1.29, 1.82) is 0 Å². The van der Waals surface area contributed by atoms with Crippen LogP contribution in [0.5, 0.6) is 0 Å². The van der Waals surface area contributed by atoms with E-state index in [1.807, 2.05) is 0 Å². The van der Waals surface area contributed by atoms with E-state index in [0.717, 1.165) is 49.1 Å². The standard InChI is InChI=1S/C15H22N2O2S/c1-10-5-7-17(8-6-10)9-12-16-13(11-3-2-4-11)14(20-12)15(18)19/h10-11H,2-9H2,1H3,(H,18,19). The highest BCUT2D eigenvalue weighted by atomic mass is 32.1. The molecule has 5 heteroatoms. The lowest BCUT2D eigenvalue weighted by atomic mass is 9.82. The first-order valence-electron chi connectivity index (χ1n) is 7.58. The molecule has 1 aliphatic heterocycles. The zero-order valence-corrected chi connectivity index (χ0v) is 12.8. The van der Waals surface area contributed by atoms with E-state index >= 15 is 0 Å². The van der Waals surface area contributed by atoms with Gasteiger partial charge in [0.2, 0.25) is 0 Å². The van der Waals surface area contributed by atoms with Crippen LogP contribution in [0.15, 0.2) is 0 Å². The Morgan fingerprint density at radius 2 is 2.05 bits per heavy atom. The summed E-state index contributed by atoms with van der Waals surface area (Å²) in [6, 6.07) is 0. The molecule has 0 amide bonds. The molecule has 1 N–H and O–H groups in total. The molecule has 20 heavy (non-hydrogen) atoms. The second kappa shape index (κ2) is 5.82. The molecule has 0 atom stereocenters. The third-order valence-corrected chi connectivity index (χ3v) is 5.66. The fourth-order valence-electron chi connectivity index (χ4n) is 2.97. The molecule has 2 aliphatic rings. The average Bonchev–Trinajstić information content (AvgIpc) is 2.74. The number of aromatic nitrogens is 1. The summed E-state index contributed by atoms with van der Waals surface area (Å²) in [5.41, 5.74) is 0.856. The Hall–Kier alpha value is -0.940. The molecule has 1 aromatic rings. The number of hydrogen-bond acceptors (Lipinski definition) is 4. The summed E-state index contributed by atoms with van der Waals surface area (Å²) in [6.45, 7) is 5.35. The highest BCUT2D eigenvalue weighted by Gasteiger charge is 2.29. The number of likely N-dealkylation sites (tertiary alicyclic amines) is 1. The lowest BCUT2D eigenvalue weighted by Gasteiger charge is -2.29. The first-order chi connectivity index (χ1) is 9.63. The van der Waals surface area contributed by atoms with Crippen molar-refractivity contribution in [3.8, 4) is 0 Å². The fourth-order valence-corrected chi connectivity index (χ4v) is 4.00. The third kappa shape index (κ3) is 2.88. The van der Waals surface area contributed by atoms with Gasteiger partial charge in [0.1, 0.15) is 9.88 Å². The third-order valence-electron chi connectivity index (χ3n) is 4.62. The van der Waals surface area contributed by atoms with Gasteiger partial charge in [0.25, 0.3) is 0 Å². The van der Waals surface area contributed by atoms with Crippen molar-refractivity contribution in [3.63, 3.8) is 0 Å². The molecule has 2 heterocycles. The van der Waals surface area contributed by atoms with Gasteiger partial charge in [0.05, 0.1) is 12.2 Å². The number of aromatic carboxylic acids is 1. The summed E-state index contributed by atoms with van der Waals surface area (Å²) in [6.07, 6.45) is 5.90. The first kappa shape index (κ1) is 14.0. The van der Waals surface area contributed by atoms with Gasteiger partial charge in [-0.3, -0.25) is 4.90 Å². The number of carboxylic acids is 1. The quantitative estimate of drug-likeness (QED) is 0.925. The van der Waals surface area contributed by atoms with E-state index in [4.69, 9.17) is 0 Å². The Bertz CT molecular complexity index is 488. The predicted molar refractivity (Wildman–Crippen MR) is 79.3 cm³/mol. The van der Waals surface area contributed by atoms with E-state index in [1.165, 1.54) is 30.6 Å². The summed E-state index contributed by atoms with van der Waals surface area (Å²) in [4.78, 5) is 18.9. The van der Waals surface area contributed by atoms with Crippen molar-refractivity contribution in [2.24, 2.45) is 5.92 Å². The monoisotopic (exact) mass is 294 g/mol. The maximum atomic E-state index is 11.4. The van der Waals surface area contributed by atoms with Crippen molar-refractivity contribution in [3.05, 3.63) is 15.6 Å². The summed E-state index contributed by atoms with van der Waals surface area (Å²) >= 11 is 1.39. The number of rotatable bonds is 4. The largest absolute Gasteiger partial charge is 0.477 e. The van der Waals surface area contributed by atoms with E-state index in [2.05, 4.69) is 16.8 Å². The Kier molecular flexibility index (Phi) is 4.08. The van der Waals surface area contributed by atoms with Gasteiger partial charge in [0.15, 0.2) is 0 Å². The van der Waals surface area contributed by atoms with Crippen molar-refractivity contribution in [1.82, 2.24) is 9.88 Å². The maximum absolute atomic E-state index is 11.4. The van der Waals surface area contributed by atoms with Gasteiger partial charge in [-0.15, -0.1) is 11.3 Å². The van der Waals surface area contributed by atoms with Crippen LogP contribution < -0.4 is 0 Å². The van der Waals surface area contributed by atoms with Crippen LogP contribution in [0, 0.1) is 5.92 Å². The molecule has 3 rings (SSSR count). The minimum atomic E-state index is -0.803. The zero-order chi connectivity index (χ0) is 14.1. The number of hydrogen-bond donors (Lipinski definition) is 1. The van der Waals surface area contributed by atoms with Crippen molar-refractivity contribution < 1.29 is 9.90 Å². The molecule has 1 saturated carbocycles. The average molecular weight is 294 g/mol. The number of piperidine rings is 1. The predicted octanol–water partition coefficient (Wildman–Crippen LogP) is 3.34. The van der Waals surface area contributed by atoms with Crippen LogP contribution in [0.1, 0.15) is 65.3 Å². The highest BCUT2D eigenvalue weighted by Crippen LogP contribution is 2.39. The van der Waals surface area contributed by atoms with Crippen LogP contribution in [-0.2, 0) is 6.54 Å². The smallest absolute Gasteiger partial charge is 0.347 e. The van der Waals surface area contributed by atoms with Crippen molar-refractivity contribution in [2.45, 2.75) is 51.5 Å². The zero-order valence-electron chi connectivity index (χ0n) is 12.0. The van der Waals surface area contributed by atoms with E-state index in [9.17, 15) is 9.90 Å². The first-order valence-corrected chi connectivity index (χ1v) is 8.40. The molecule has 2 fully saturated rings. The van der Waals surface area contributed by atoms with Crippen LogP contribution in [0.3, 0.4) is 0 Å². The van der Waals surface area contributed by atoms with Crippen molar-refractivity contribution in [2.75, 3.05) is 13.1 Å². The van der Waals surface area contributed by atoms with Gasteiger partial charge in [-0.05, 0) is 44.7 Å². The van der Waals surface area contributed by atoms with Gasteiger partial charge < -0.3 is 5.11 Å². The lowest BCUT2D eigenvalue weighted by Crippen LogP contribution is -2.32. The van der Waals surface area contributed by atoms with Gasteiger partial charge >= 0.3 is 5.97 Å². The Labute approximate surface area is 123 Å². The molecule has 0 radical (unpaired) electrons. The van der Waals surface area contributed by atoms with E-state index in [-0.39, 0.29) is 0 Å². The Morgan fingerprint density at radius 3 is 2.60 bits per heavy atom. The van der Waals surface area contributed by atoms with Crippen LogP contribution in [0.2, 0.25) is 0 Å². The van der Waals surface area contributed by atoms with E-state index in [1.54, 1.807) is 0 Å².